The highest BCUT2D eigenvalue weighted by atomic mass is 35.5. The van der Waals surface area contributed by atoms with Crippen molar-refractivity contribution in [2.75, 3.05) is 0 Å². The van der Waals surface area contributed by atoms with Gasteiger partial charge in [0, 0.05) is 28.3 Å². The number of nitrogens with one attached hydrogen (secondary N) is 1. The lowest BCUT2D eigenvalue weighted by Crippen LogP contribution is -2.28. The van der Waals surface area contributed by atoms with Crippen molar-refractivity contribution < 1.29 is 23.2 Å². The van der Waals surface area contributed by atoms with Gasteiger partial charge in [0.25, 0.3) is 5.91 Å². The number of nitro benzene ring substituents is 1. The zero-order valence-corrected chi connectivity index (χ0v) is 16.3. The molecule has 156 valence electrons. The Balaban J connectivity index is 1.75. The normalized spacial score (nSPS) is 11.3. The third kappa shape index (κ3) is 5.12. The number of amides is 1. The summed E-state index contributed by atoms with van der Waals surface area (Å²) in [6, 6.07) is 12.5. The minimum atomic E-state index is -1.33. The summed E-state index contributed by atoms with van der Waals surface area (Å²) in [6.07, 6.45) is 0. The fourth-order valence-electron chi connectivity index (χ4n) is 2.65. The van der Waals surface area contributed by atoms with Crippen molar-refractivity contribution in [1.82, 2.24) is 5.32 Å². The average Bonchev–Trinajstić information content (AvgIpc) is 2.74. The minimum Gasteiger partial charge on any atom is -0.450 e. The van der Waals surface area contributed by atoms with E-state index in [4.69, 9.17) is 16.3 Å². The molecule has 10 heteroatoms. The van der Waals surface area contributed by atoms with Gasteiger partial charge >= 0.3 is 5.69 Å². The Morgan fingerprint density at radius 3 is 2.45 bits per heavy atom. The van der Waals surface area contributed by atoms with Crippen LogP contribution in [0.5, 0.6) is 11.5 Å². The number of rotatable bonds is 6. The van der Waals surface area contributed by atoms with E-state index in [1.165, 1.54) is 36.4 Å². The topological polar surface area (TPSA) is 105 Å². The Labute approximate surface area is 179 Å². The highest BCUT2D eigenvalue weighted by Gasteiger charge is 2.20. The Morgan fingerprint density at radius 1 is 1.13 bits per heavy atom. The fourth-order valence-corrected chi connectivity index (χ4v) is 2.82. The van der Waals surface area contributed by atoms with Gasteiger partial charge in [-0.25, -0.2) is 8.78 Å². The third-order valence-corrected chi connectivity index (χ3v) is 4.38. The molecule has 0 bridgehead atoms. The van der Waals surface area contributed by atoms with Crippen LogP contribution in [-0.4, -0.2) is 10.8 Å². The monoisotopic (exact) mass is 443 g/mol. The molecular weight excluding hydrogens is 432 g/mol. The molecule has 0 aliphatic heterocycles. The van der Waals surface area contributed by atoms with E-state index in [9.17, 15) is 29.0 Å². The summed E-state index contributed by atoms with van der Waals surface area (Å²) >= 11 is 5.77. The van der Waals surface area contributed by atoms with Crippen LogP contribution in [0.3, 0.4) is 0 Å². The van der Waals surface area contributed by atoms with Crippen molar-refractivity contribution in [2.45, 2.75) is 6.04 Å². The molecule has 0 saturated heterocycles. The second kappa shape index (κ2) is 9.19. The molecule has 0 fully saturated rings. The second-order valence-corrected chi connectivity index (χ2v) is 6.63. The third-order valence-electron chi connectivity index (χ3n) is 4.14. The lowest BCUT2D eigenvalue weighted by atomic mass is 10.1. The number of carbonyl (C=O) groups is 1. The van der Waals surface area contributed by atoms with Crippen LogP contribution in [0, 0.1) is 33.1 Å². The van der Waals surface area contributed by atoms with Gasteiger partial charge in [-0.2, -0.15) is 5.26 Å². The maximum absolute atomic E-state index is 13.9. The number of halogens is 3. The van der Waals surface area contributed by atoms with Gasteiger partial charge in [0.05, 0.1) is 11.0 Å². The van der Waals surface area contributed by atoms with Crippen LogP contribution in [0.15, 0.2) is 60.7 Å². The molecule has 0 saturated carbocycles. The van der Waals surface area contributed by atoms with Crippen LogP contribution < -0.4 is 10.1 Å². The van der Waals surface area contributed by atoms with E-state index >= 15 is 0 Å². The zero-order valence-electron chi connectivity index (χ0n) is 15.5. The molecule has 0 aromatic heterocycles. The van der Waals surface area contributed by atoms with Crippen LogP contribution >= 0.6 is 11.6 Å². The lowest BCUT2D eigenvalue weighted by molar-refractivity contribution is -0.385. The summed E-state index contributed by atoms with van der Waals surface area (Å²) in [5.74, 6) is -2.27. The molecule has 0 aliphatic carbocycles. The number of carbonyl (C=O) groups excluding carboxylic acids is 1. The van der Waals surface area contributed by atoms with Crippen molar-refractivity contribution in [1.29, 1.82) is 5.26 Å². The first kappa shape index (κ1) is 21.7. The maximum Gasteiger partial charge on any atom is 0.313 e. The first-order chi connectivity index (χ1) is 14.8. The average molecular weight is 444 g/mol. The van der Waals surface area contributed by atoms with Crippen molar-refractivity contribution in [2.24, 2.45) is 0 Å². The number of benzene rings is 3. The fraction of sp³-hybridized carbons (Fsp3) is 0.0476. The molecule has 3 rings (SSSR count). The Morgan fingerprint density at radius 2 is 1.84 bits per heavy atom. The summed E-state index contributed by atoms with van der Waals surface area (Å²) in [5, 5.41) is 22.9. The van der Waals surface area contributed by atoms with Gasteiger partial charge in [-0.05, 0) is 42.5 Å². The van der Waals surface area contributed by atoms with Crippen molar-refractivity contribution in [3.63, 3.8) is 0 Å². The lowest BCUT2D eigenvalue weighted by Gasteiger charge is -2.13. The molecule has 31 heavy (non-hydrogen) atoms. The quantitative estimate of drug-likeness (QED) is 0.410. The van der Waals surface area contributed by atoms with Crippen molar-refractivity contribution in [3.05, 3.63) is 98.6 Å². The van der Waals surface area contributed by atoms with Gasteiger partial charge in [0.15, 0.2) is 0 Å². The number of ether oxygens (including phenoxy) is 1. The highest BCUT2D eigenvalue weighted by Crippen LogP contribution is 2.33. The Kier molecular flexibility index (Phi) is 6.43. The van der Waals surface area contributed by atoms with Crippen LogP contribution in [0.25, 0.3) is 0 Å². The minimum absolute atomic E-state index is 0.0390. The van der Waals surface area contributed by atoms with Gasteiger partial charge in [0.1, 0.15) is 23.4 Å². The summed E-state index contributed by atoms with van der Waals surface area (Å²) in [7, 11) is 0. The first-order valence-corrected chi connectivity index (χ1v) is 9.03. The van der Waals surface area contributed by atoms with Crippen LogP contribution in [0.4, 0.5) is 14.5 Å². The molecule has 0 aliphatic rings. The molecule has 1 amide bonds. The number of nitrogens with zero attached hydrogens (tertiary/aromatic N) is 2. The number of hydrogen-bond acceptors (Lipinski definition) is 5. The van der Waals surface area contributed by atoms with Gasteiger partial charge in [-0.15, -0.1) is 0 Å². The standard InChI is InChI=1S/C21H12ClF2N3O4/c22-13-3-8-20(19(9-13)27(29)30)31-15-5-1-12(2-6-15)21(28)26-18(11-25)16-7-4-14(23)10-17(16)24/h1-10,18H,(H,26,28). The number of nitriles is 1. The summed E-state index contributed by atoms with van der Waals surface area (Å²) in [6.45, 7) is 0. The summed E-state index contributed by atoms with van der Waals surface area (Å²) < 4.78 is 32.4. The van der Waals surface area contributed by atoms with Crippen LogP contribution in [0.2, 0.25) is 5.02 Å². The van der Waals surface area contributed by atoms with Gasteiger partial charge < -0.3 is 10.1 Å². The maximum atomic E-state index is 13.9. The summed E-state index contributed by atoms with van der Waals surface area (Å²) in [5.41, 5.74) is -0.375. The summed E-state index contributed by atoms with van der Waals surface area (Å²) in [4.78, 5) is 22.9. The Hall–Kier alpha value is -4.03. The largest absolute Gasteiger partial charge is 0.450 e. The molecule has 1 N–H and O–H groups in total. The van der Waals surface area contributed by atoms with E-state index < -0.39 is 28.5 Å². The van der Waals surface area contributed by atoms with E-state index in [2.05, 4.69) is 5.32 Å². The van der Waals surface area contributed by atoms with Gasteiger partial charge in [-0.3, -0.25) is 14.9 Å². The molecule has 3 aromatic carbocycles. The van der Waals surface area contributed by atoms with Crippen LogP contribution in [-0.2, 0) is 0 Å². The van der Waals surface area contributed by atoms with Crippen LogP contribution in [0.1, 0.15) is 22.0 Å². The molecule has 0 spiro atoms. The predicted octanol–water partition coefficient (Wildman–Crippen LogP) is 5.31. The zero-order chi connectivity index (χ0) is 22.5. The van der Waals surface area contributed by atoms with Crippen molar-refractivity contribution >= 4 is 23.2 Å². The van der Waals surface area contributed by atoms with E-state index in [0.29, 0.717) is 6.07 Å². The van der Waals surface area contributed by atoms with Gasteiger partial charge in [-0.1, -0.05) is 17.7 Å². The second-order valence-electron chi connectivity index (χ2n) is 6.20. The van der Waals surface area contributed by atoms with E-state index in [-0.39, 0.29) is 33.3 Å². The molecule has 1 unspecified atom stereocenters. The van der Waals surface area contributed by atoms with Gasteiger partial charge in [0.2, 0.25) is 5.75 Å². The molecule has 0 radical (unpaired) electrons. The van der Waals surface area contributed by atoms with E-state index in [1.807, 2.05) is 0 Å². The molecule has 1 atom stereocenters. The molecule has 3 aromatic rings. The number of hydrogen-bond donors (Lipinski definition) is 1. The predicted molar refractivity (Wildman–Crippen MR) is 107 cm³/mol. The first-order valence-electron chi connectivity index (χ1n) is 8.66. The smallest absolute Gasteiger partial charge is 0.313 e. The molecular formula is C21H12ClF2N3O4. The number of nitro groups is 1. The molecule has 7 nitrogen and oxygen atoms in total. The van der Waals surface area contributed by atoms with E-state index in [1.54, 1.807) is 6.07 Å². The Bertz CT molecular complexity index is 1200. The highest BCUT2D eigenvalue weighted by molar-refractivity contribution is 6.30. The van der Waals surface area contributed by atoms with E-state index in [0.717, 1.165) is 18.2 Å². The SMILES string of the molecule is N#CC(NC(=O)c1ccc(Oc2ccc(Cl)cc2[N+](=O)[O-])cc1)c1ccc(F)cc1F. The van der Waals surface area contributed by atoms with Crippen molar-refractivity contribution in [3.8, 4) is 17.6 Å². The molecule has 0 heterocycles.